The lowest BCUT2D eigenvalue weighted by atomic mass is 10.1. The smallest absolute Gasteiger partial charge is 0.242 e. The molecule has 0 aromatic heterocycles. The molecule has 0 spiro atoms. The highest BCUT2D eigenvalue weighted by Crippen LogP contribution is 2.13. The van der Waals surface area contributed by atoms with Crippen molar-refractivity contribution in [1.29, 1.82) is 0 Å². The number of halogens is 1. The number of terminal acetylenes is 1. The summed E-state index contributed by atoms with van der Waals surface area (Å²) < 4.78 is 0. The molecule has 1 aromatic rings. The molecule has 1 rings (SSSR count). The van der Waals surface area contributed by atoms with E-state index in [1.165, 1.54) is 0 Å². The number of nitrogens with one attached hydrogen (secondary N) is 2. The van der Waals surface area contributed by atoms with Crippen molar-refractivity contribution in [2.75, 3.05) is 18.4 Å². The summed E-state index contributed by atoms with van der Waals surface area (Å²) in [7, 11) is 0. The van der Waals surface area contributed by atoms with E-state index >= 15 is 0 Å². The van der Waals surface area contributed by atoms with Crippen molar-refractivity contribution in [2.24, 2.45) is 10.7 Å². The first-order valence-corrected chi connectivity index (χ1v) is 5.86. The molecule has 1 aromatic carbocycles. The van der Waals surface area contributed by atoms with Gasteiger partial charge in [0.15, 0.2) is 5.96 Å². The van der Waals surface area contributed by atoms with E-state index in [2.05, 4.69) is 27.6 Å². The zero-order chi connectivity index (χ0) is 14.3. The summed E-state index contributed by atoms with van der Waals surface area (Å²) in [5.41, 5.74) is 8.81. The largest absolute Gasteiger partial charge is 0.370 e. The van der Waals surface area contributed by atoms with E-state index in [1.54, 1.807) is 0 Å². The molecule has 0 radical (unpaired) electrons. The highest BCUT2D eigenvalue weighted by atomic mass is 127. The van der Waals surface area contributed by atoms with Crippen LogP contribution >= 0.6 is 24.0 Å². The number of hydrogen-bond donors (Lipinski definition) is 3. The van der Waals surface area contributed by atoms with E-state index in [0.717, 1.165) is 16.8 Å². The number of aliphatic imine (C=N–C) groups is 1. The lowest BCUT2D eigenvalue weighted by molar-refractivity contribution is -0.119. The Balaban J connectivity index is 0.00000361. The van der Waals surface area contributed by atoms with Crippen LogP contribution in [0.2, 0.25) is 0 Å². The average Bonchev–Trinajstić information content (AvgIpc) is 2.32. The number of anilines is 1. The van der Waals surface area contributed by atoms with Gasteiger partial charge in [-0.3, -0.25) is 4.79 Å². The predicted octanol–water partition coefficient (Wildman–Crippen LogP) is 1.40. The molecule has 0 saturated heterocycles. The molecular weight excluding hydrogens is 367 g/mol. The number of nitrogens with two attached hydrogens (primary N) is 1. The van der Waals surface area contributed by atoms with E-state index in [-0.39, 0.29) is 48.9 Å². The van der Waals surface area contributed by atoms with Crippen molar-refractivity contribution in [2.45, 2.75) is 13.8 Å². The Hall–Kier alpha value is -1.75. The van der Waals surface area contributed by atoms with Crippen LogP contribution < -0.4 is 16.4 Å². The zero-order valence-corrected chi connectivity index (χ0v) is 13.9. The van der Waals surface area contributed by atoms with Gasteiger partial charge in [0.2, 0.25) is 5.91 Å². The summed E-state index contributed by atoms with van der Waals surface area (Å²) in [5.74, 6) is 2.25. The second-order valence-corrected chi connectivity index (χ2v) is 4.18. The van der Waals surface area contributed by atoms with Gasteiger partial charge in [0.25, 0.3) is 0 Å². The number of hydrogen-bond acceptors (Lipinski definition) is 2. The van der Waals surface area contributed by atoms with Crippen LogP contribution in [0.4, 0.5) is 5.69 Å². The molecule has 108 valence electrons. The van der Waals surface area contributed by atoms with Crippen LogP contribution in [0, 0.1) is 26.2 Å². The minimum absolute atomic E-state index is 0. The minimum atomic E-state index is -0.261. The van der Waals surface area contributed by atoms with Gasteiger partial charge in [0, 0.05) is 5.69 Å². The molecule has 0 aliphatic heterocycles. The number of amides is 1. The molecular formula is C14H19IN4O. The maximum atomic E-state index is 11.3. The number of aryl methyl sites for hydroxylation is 2. The number of rotatable bonds is 4. The third kappa shape index (κ3) is 6.99. The van der Waals surface area contributed by atoms with E-state index in [4.69, 9.17) is 12.2 Å². The molecule has 4 N–H and O–H groups in total. The van der Waals surface area contributed by atoms with Crippen molar-refractivity contribution in [3.63, 3.8) is 0 Å². The summed E-state index contributed by atoms with van der Waals surface area (Å²) in [6, 6.07) is 5.97. The molecule has 0 atom stereocenters. The number of benzene rings is 1. The minimum Gasteiger partial charge on any atom is -0.370 e. The highest BCUT2D eigenvalue weighted by Gasteiger charge is 2.00. The first kappa shape index (κ1) is 18.2. The van der Waals surface area contributed by atoms with Gasteiger partial charge in [-0.1, -0.05) is 12.0 Å². The van der Waals surface area contributed by atoms with Gasteiger partial charge in [-0.05, 0) is 37.1 Å². The SMILES string of the molecule is C#CCNC(=O)CN=C(N)Nc1cc(C)cc(C)c1.I. The van der Waals surface area contributed by atoms with E-state index < -0.39 is 0 Å². The Bertz CT molecular complexity index is 514. The number of carbonyl (C=O) groups is 1. The third-order valence-electron chi connectivity index (χ3n) is 2.27. The summed E-state index contributed by atoms with van der Waals surface area (Å²) in [5, 5.41) is 5.45. The zero-order valence-electron chi connectivity index (χ0n) is 11.6. The monoisotopic (exact) mass is 386 g/mol. The van der Waals surface area contributed by atoms with Gasteiger partial charge >= 0.3 is 0 Å². The van der Waals surface area contributed by atoms with Crippen LogP contribution in [-0.2, 0) is 4.79 Å². The fourth-order valence-electron chi connectivity index (χ4n) is 1.60. The second-order valence-electron chi connectivity index (χ2n) is 4.18. The summed E-state index contributed by atoms with van der Waals surface area (Å²) in [6.45, 7) is 4.14. The van der Waals surface area contributed by atoms with Crippen molar-refractivity contribution >= 4 is 41.5 Å². The van der Waals surface area contributed by atoms with Gasteiger partial charge in [-0.25, -0.2) is 4.99 Å². The molecule has 6 heteroatoms. The fraction of sp³-hybridized carbons (Fsp3) is 0.286. The summed E-state index contributed by atoms with van der Waals surface area (Å²) in [6.07, 6.45) is 5.03. The van der Waals surface area contributed by atoms with Gasteiger partial charge in [-0.2, -0.15) is 0 Å². The maximum absolute atomic E-state index is 11.3. The Labute approximate surface area is 136 Å². The van der Waals surface area contributed by atoms with Crippen molar-refractivity contribution in [3.8, 4) is 12.3 Å². The van der Waals surface area contributed by atoms with Gasteiger partial charge in [0.1, 0.15) is 6.54 Å². The summed E-state index contributed by atoms with van der Waals surface area (Å²) in [4.78, 5) is 15.2. The first-order chi connectivity index (χ1) is 9.01. The molecule has 0 fully saturated rings. The normalized spacial score (nSPS) is 10.2. The van der Waals surface area contributed by atoms with Gasteiger partial charge in [0.05, 0.1) is 6.54 Å². The molecule has 1 amide bonds. The predicted molar refractivity (Wildman–Crippen MR) is 93.3 cm³/mol. The van der Waals surface area contributed by atoms with E-state index in [0.29, 0.717) is 0 Å². The average molecular weight is 386 g/mol. The molecule has 0 bridgehead atoms. The van der Waals surface area contributed by atoms with Crippen molar-refractivity contribution in [1.82, 2.24) is 5.32 Å². The highest BCUT2D eigenvalue weighted by molar-refractivity contribution is 14.0. The Morgan fingerprint density at radius 3 is 2.50 bits per heavy atom. The fourth-order valence-corrected chi connectivity index (χ4v) is 1.60. The van der Waals surface area contributed by atoms with Crippen molar-refractivity contribution < 1.29 is 4.79 Å². The number of guanidine groups is 1. The molecule has 5 nitrogen and oxygen atoms in total. The van der Waals surface area contributed by atoms with Crippen LogP contribution in [0.5, 0.6) is 0 Å². The van der Waals surface area contributed by atoms with Crippen LogP contribution in [0.15, 0.2) is 23.2 Å². The standard InChI is InChI=1S/C14H18N4O.HI/c1-4-5-16-13(19)9-17-14(15)18-12-7-10(2)6-11(3)8-12;/h1,6-8H,5,9H2,2-3H3,(H,16,19)(H3,15,17,18);1H. The maximum Gasteiger partial charge on any atom is 0.242 e. The van der Waals surface area contributed by atoms with Crippen LogP contribution in [0.3, 0.4) is 0 Å². The van der Waals surface area contributed by atoms with Gasteiger partial charge in [-0.15, -0.1) is 30.4 Å². The summed E-state index contributed by atoms with van der Waals surface area (Å²) >= 11 is 0. The topological polar surface area (TPSA) is 79.5 Å². The molecule has 0 aliphatic carbocycles. The van der Waals surface area contributed by atoms with Crippen LogP contribution in [0.25, 0.3) is 0 Å². The van der Waals surface area contributed by atoms with Crippen LogP contribution in [0.1, 0.15) is 11.1 Å². The lowest BCUT2D eigenvalue weighted by Crippen LogP contribution is -2.29. The van der Waals surface area contributed by atoms with Crippen LogP contribution in [-0.4, -0.2) is 25.0 Å². The number of nitrogens with zero attached hydrogens (tertiary/aromatic N) is 1. The lowest BCUT2D eigenvalue weighted by Gasteiger charge is -2.07. The molecule has 20 heavy (non-hydrogen) atoms. The molecule has 0 aliphatic rings. The molecule has 0 unspecified atom stereocenters. The van der Waals surface area contributed by atoms with E-state index in [9.17, 15) is 4.79 Å². The van der Waals surface area contributed by atoms with Gasteiger partial charge < -0.3 is 16.4 Å². The van der Waals surface area contributed by atoms with E-state index in [1.807, 2.05) is 26.0 Å². The number of carbonyl (C=O) groups excluding carboxylic acids is 1. The quantitative estimate of drug-likeness (QED) is 0.317. The first-order valence-electron chi connectivity index (χ1n) is 5.86. The third-order valence-corrected chi connectivity index (χ3v) is 2.27. The Kier molecular flexibility index (Phi) is 8.40. The Morgan fingerprint density at radius 2 is 1.95 bits per heavy atom. The van der Waals surface area contributed by atoms with Crippen molar-refractivity contribution in [3.05, 3.63) is 29.3 Å². The molecule has 0 saturated carbocycles. The molecule has 0 heterocycles. The second kappa shape index (κ2) is 9.20. The Morgan fingerprint density at radius 1 is 1.35 bits per heavy atom.